The molecule has 1 aromatic carbocycles. The molecule has 0 saturated heterocycles. The molecule has 0 saturated carbocycles. The summed E-state index contributed by atoms with van der Waals surface area (Å²) < 4.78 is 3.27. The number of anilines is 1. The average molecular weight is 309 g/mol. The van der Waals surface area contributed by atoms with Gasteiger partial charge < -0.3 is 9.88 Å². The molecule has 1 aromatic heterocycles. The monoisotopic (exact) mass is 308 g/mol. The predicted octanol–water partition coefficient (Wildman–Crippen LogP) is 3.19. The minimum atomic E-state index is -0.288. The minimum absolute atomic E-state index is 0.288. The number of fused-ring (bicyclic) bond motifs is 1. The Morgan fingerprint density at radius 2 is 2.25 bits per heavy atom. The Kier molecular flexibility index (Phi) is 3.38. The van der Waals surface area contributed by atoms with Crippen molar-refractivity contribution in [1.82, 2.24) is 14.0 Å². The molecule has 7 heteroatoms. The number of hydrogen-bond acceptors (Lipinski definition) is 3. The van der Waals surface area contributed by atoms with E-state index in [0.717, 1.165) is 0 Å². The minimum Gasteiger partial charge on any atom is -0.321 e. The maximum absolute atomic E-state index is 12.1. The van der Waals surface area contributed by atoms with Crippen LogP contribution in [0.25, 0.3) is 6.08 Å². The first-order valence-corrected chi connectivity index (χ1v) is 6.58. The number of nitrogens with zero attached hydrogens (tertiary/aromatic N) is 3. The lowest BCUT2D eigenvalue weighted by Crippen LogP contribution is -2.15. The summed E-state index contributed by atoms with van der Waals surface area (Å²) in [5.74, 6) is 0.404. The Labute approximate surface area is 125 Å². The fourth-order valence-corrected chi connectivity index (χ4v) is 2.25. The van der Waals surface area contributed by atoms with E-state index in [-0.39, 0.29) is 5.91 Å². The maximum atomic E-state index is 12.1. The highest BCUT2D eigenvalue weighted by atomic mass is 35.5. The first-order chi connectivity index (χ1) is 9.61. The fourth-order valence-electron chi connectivity index (χ4n) is 1.89. The van der Waals surface area contributed by atoms with Crippen molar-refractivity contribution in [3.05, 3.63) is 53.2 Å². The van der Waals surface area contributed by atoms with Gasteiger partial charge in [-0.2, -0.15) is 0 Å². The van der Waals surface area contributed by atoms with Gasteiger partial charge in [0, 0.05) is 34.9 Å². The largest absolute Gasteiger partial charge is 0.321 e. The zero-order valence-electron chi connectivity index (χ0n) is 10.3. The molecule has 20 heavy (non-hydrogen) atoms. The third kappa shape index (κ3) is 2.64. The van der Waals surface area contributed by atoms with E-state index in [0.29, 0.717) is 28.9 Å². The van der Waals surface area contributed by atoms with Crippen LogP contribution in [-0.2, 0) is 6.67 Å². The number of rotatable bonds is 2. The van der Waals surface area contributed by atoms with E-state index in [4.69, 9.17) is 23.4 Å². The molecule has 1 N–H and O–H groups in total. The van der Waals surface area contributed by atoms with E-state index >= 15 is 0 Å². The van der Waals surface area contributed by atoms with Gasteiger partial charge in [-0.3, -0.25) is 9.21 Å². The number of carbonyl (C=O) groups is 1. The van der Waals surface area contributed by atoms with E-state index in [1.807, 2.05) is 0 Å². The average Bonchev–Trinajstić information content (AvgIpc) is 2.81. The Bertz CT molecular complexity index is 695. The smallest absolute Gasteiger partial charge is 0.275 e. The predicted molar refractivity (Wildman–Crippen MR) is 78.4 cm³/mol. The van der Waals surface area contributed by atoms with Crippen molar-refractivity contribution in [1.29, 1.82) is 0 Å². The van der Waals surface area contributed by atoms with Crippen LogP contribution in [0.1, 0.15) is 16.3 Å². The molecule has 1 amide bonds. The van der Waals surface area contributed by atoms with Gasteiger partial charge in [0.1, 0.15) is 18.2 Å². The number of amides is 1. The van der Waals surface area contributed by atoms with Crippen LogP contribution >= 0.6 is 23.4 Å². The zero-order valence-corrected chi connectivity index (χ0v) is 11.8. The van der Waals surface area contributed by atoms with Crippen molar-refractivity contribution < 1.29 is 4.79 Å². The summed E-state index contributed by atoms with van der Waals surface area (Å²) in [6.45, 7) is 0.449. The highest BCUT2D eigenvalue weighted by Crippen LogP contribution is 2.18. The summed E-state index contributed by atoms with van der Waals surface area (Å²) in [7, 11) is 0. The summed E-state index contributed by atoms with van der Waals surface area (Å²) in [6.07, 6.45) is 5.10. The first kappa shape index (κ1) is 13.0. The lowest BCUT2D eigenvalue weighted by atomic mass is 10.3. The summed E-state index contributed by atoms with van der Waals surface area (Å²) in [5.41, 5.74) is 0.958. The van der Waals surface area contributed by atoms with Crippen LogP contribution in [0, 0.1) is 0 Å². The topological polar surface area (TPSA) is 50.2 Å². The van der Waals surface area contributed by atoms with Crippen molar-refractivity contribution >= 4 is 41.0 Å². The zero-order chi connectivity index (χ0) is 14.1. The third-order valence-electron chi connectivity index (χ3n) is 2.80. The number of benzene rings is 1. The number of aromatic nitrogens is 2. The second kappa shape index (κ2) is 5.19. The van der Waals surface area contributed by atoms with Gasteiger partial charge in [0.05, 0.1) is 0 Å². The Balaban J connectivity index is 1.80. The molecule has 1 aliphatic rings. The van der Waals surface area contributed by atoms with Gasteiger partial charge in [-0.05, 0) is 24.3 Å². The second-order valence-corrected chi connectivity index (χ2v) is 5.15. The number of imidazole rings is 1. The molecule has 0 spiro atoms. The molecule has 0 aliphatic carbocycles. The Morgan fingerprint density at radius 1 is 1.40 bits per heavy atom. The highest BCUT2D eigenvalue weighted by Gasteiger charge is 2.16. The molecule has 2 aromatic rings. The van der Waals surface area contributed by atoms with E-state index < -0.39 is 0 Å². The normalized spacial score (nSPS) is 13.2. The van der Waals surface area contributed by atoms with Crippen LogP contribution in [-0.4, -0.2) is 19.9 Å². The van der Waals surface area contributed by atoms with Crippen molar-refractivity contribution in [2.45, 2.75) is 6.67 Å². The van der Waals surface area contributed by atoms with Crippen molar-refractivity contribution in [3.8, 4) is 0 Å². The molecule has 0 fully saturated rings. The summed E-state index contributed by atoms with van der Waals surface area (Å²) in [4.78, 5) is 16.4. The van der Waals surface area contributed by atoms with E-state index in [1.165, 1.54) is 4.42 Å². The summed E-state index contributed by atoms with van der Waals surface area (Å²) >= 11 is 11.7. The van der Waals surface area contributed by atoms with Gasteiger partial charge >= 0.3 is 0 Å². The van der Waals surface area contributed by atoms with Crippen LogP contribution in [0.15, 0.2) is 36.7 Å². The van der Waals surface area contributed by atoms with Crippen LogP contribution in [0.4, 0.5) is 5.69 Å². The third-order valence-corrected chi connectivity index (χ3v) is 3.25. The fraction of sp³-hybridized carbons (Fsp3) is 0.0769. The Hall–Kier alpha value is -1.98. The molecule has 0 atom stereocenters. The van der Waals surface area contributed by atoms with Gasteiger partial charge in [-0.25, -0.2) is 4.98 Å². The molecular weight excluding hydrogens is 299 g/mol. The van der Waals surface area contributed by atoms with E-state index in [2.05, 4.69) is 10.3 Å². The standard InChI is InChI=1S/C13H10Cl2N4O/c14-9-2-1-3-10(6-9)16-13(20)11-7-18-8-19(15)5-4-12(18)17-11/h1-7H,8H2,(H,16,20). The molecule has 0 bridgehead atoms. The lowest BCUT2D eigenvalue weighted by molar-refractivity contribution is 0.102. The second-order valence-electron chi connectivity index (χ2n) is 4.28. The van der Waals surface area contributed by atoms with Crippen LogP contribution in [0.3, 0.4) is 0 Å². The molecule has 1 aliphatic heterocycles. The summed E-state index contributed by atoms with van der Waals surface area (Å²) in [6, 6.07) is 6.95. The maximum Gasteiger partial charge on any atom is 0.275 e. The molecular formula is C13H10Cl2N4O. The highest BCUT2D eigenvalue weighted by molar-refractivity contribution is 6.30. The Morgan fingerprint density at radius 3 is 3.05 bits per heavy atom. The van der Waals surface area contributed by atoms with E-state index in [1.54, 1.807) is 47.3 Å². The number of carbonyl (C=O) groups excluding carboxylic acids is 1. The number of hydrogen-bond donors (Lipinski definition) is 1. The lowest BCUT2D eigenvalue weighted by Gasteiger charge is -2.16. The molecule has 0 unspecified atom stereocenters. The van der Waals surface area contributed by atoms with Gasteiger partial charge in [0.2, 0.25) is 0 Å². The summed E-state index contributed by atoms with van der Waals surface area (Å²) in [5, 5.41) is 3.31. The van der Waals surface area contributed by atoms with Crippen LogP contribution < -0.4 is 5.32 Å². The van der Waals surface area contributed by atoms with Crippen LogP contribution in [0.2, 0.25) is 5.02 Å². The molecule has 2 heterocycles. The molecule has 3 rings (SSSR count). The van der Waals surface area contributed by atoms with Gasteiger partial charge in [-0.15, -0.1) is 0 Å². The number of nitrogens with one attached hydrogen (secondary N) is 1. The van der Waals surface area contributed by atoms with Crippen molar-refractivity contribution in [3.63, 3.8) is 0 Å². The van der Waals surface area contributed by atoms with Gasteiger partial charge in [0.25, 0.3) is 5.91 Å². The number of halogens is 2. The SMILES string of the molecule is O=C(Nc1cccc(Cl)c1)c1cn2c(n1)C=CN(Cl)C2. The molecule has 5 nitrogen and oxygen atoms in total. The van der Waals surface area contributed by atoms with Crippen molar-refractivity contribution in [2.24, 2.45) is 0 Å². The molecule has 102 valence electrons. The molecule has 0 radical (unpaired) electrons. The van der Waals surface area contributed by atoms with Crippen LogP contribution in [0.5, 0.6) is 0 Å². The quantitative estimate of drug-likeness (QED) is 0.867. The van der Waals surface area contributed by atoms with E-state index in [9.17, 15) is 4.79 Å². The van der Waals surface area contributed by atoms with Gasteiger partial charge in [0.15, 0.2) is 0 Å². The van der Waals surface area contributed by atoms with Crippen molar-refractivity contribution in [2.75, 3.05) is 5.32 Å². The first-order valence-electron chi connectivity index (χ1n) is 5.86. The van der Waals surface area contributed by atoms with Gasteiger partial charge in [-0.1, -0.05) is 17.7 Å².